The van der Waals surface area contributed by atoms with Crippen LogP contribution in [-0.4, -0.2) is 110 Å². The summed E-state index contributed by atoms with van der Waals surface area (Å²) in [5.74, 6) is -0.126. The van der Waals surface area contributed by atoms with Crippen LogP contribution in [0.2, 0.25) is 0 Å². The molecule has 2 saturated heterocycles. The molecule has 0 bridgehead atoms. The van der Waals surface area contributed by atoms with Gasteiger partial charge in [0.15, 0.2) is 16.0 Å². The number of Topliss-reactive ketones (excluding diaryl/α,β-unsaturated/α-hetero) is 1. The highest BCUT2D eigenvalue weighted by atomic mass is 35.5. The number of anilines is 2. The lowest BCUT2D eigenvalue weighted by molar-refractivity contribution is -0.131. The Labute approximate surface area is 374 Å². The molecule has 2 fully saturated rings. The topological polar surface area (TPSA) is 134 Å². The van der Waals surface area contributed by atoms with Crippen molar-refractivity contribution in [2.45, 2.75) is 115 Å². The number of likely N-dealkylation sites (tertiary alicyclic amines) is 2. The van der Waals surface area contributed by atoms with E-state index in [1.54, 1.807) is 34.8 Å². The summed E-state index contributed by atoms with van der Waals surface area (Å²) in [5.41, 5.74) is 15.9. The largest absolute Gasteiger partial charge is 0.375 e. The number of piperidine rings is 2. The van der Waals surface area contributed by atoms with E-state index in [0.717, 1.165) is 129 Å². The van der Waals surface area contributed by atoms with Gasteiger partial charge in [0, 0.05) is 47.3 Å². The lowest BCUT2D eigenvalue weighted by atomic mass is 9.86. The molecule has 2 aliphatic heterocycles. The van der Waals surface area contributed by atoms with Crippen molar-refractivity contribution in [2.75, 3.05) is 63.8 Å². The first kappa shape index (κ1) is 45.8. The molecule has 0 radical (unpaired) electrons. The van der Waals surface area contributed by atoms with Crippen molar-refractivity contribution < 1.29 is 13.6 Å². The van der Waals surface area contributed by atoms with Gasteiger partial charge in [-0.2, -0.15) is 8.78 Å². The third-order valence-corrected chi connectivity index (χ3v) is 15.5. The number of halogens is 3. The van der Waals surface area contributed by atoms with Crippen LogP contribution in [0.4, 0.5) is 19.0 Å². The normalized spacial score (nSPS) is 21.5. The highest BCUT2D eigenvalue weighted by molar-refractivity contribution is 7.15. The second kappa shape index (κ2) is 21.0. The molecular formula is C45H63ClF2N10OS2. The van der Waals surface area contributed by atoms with Gasteiger partial charge in [0.2, 0.25) is 11.9 Å². The van der Waals surface area contributed by atoms with Gasteiger partial charge in [0.25, 0.3) is 0 Å². The summed E-state index contributed by atoms with van der Waals surface area (Å²) in [4.78, 5) is 45.2. The zero-order chi connectivity index (χ0) is 41.8. The molecular weight excluding hydrogens is 834 g/mol. The summed E-state index contributed by atoms with van der Waals surface area (Å²) in [6.07, 6.45) is 15.3. The number of hydrogen-bond acceptors (Lipinski definition) is 13. The number of ketones is 1. The number of pyridine rings is 2. The van der Waals surface area contributed by atoms with E-state index >= 15 is 4.79 Å². The quantitative estimate of drug-likeness (QED) is 0.108. The van der Waals surface area contributed by atoms with Crippen LogP contribution in [-0.2, 0) is 30.5 Å². The Morgan fingerprint density at radius 1 is 0.705 bits per heavy atom. The summed E-state index contributed by atoms with van der Waals surface area (Å²) >= 11 is 3.28. The van der Waals surface area contributed by atoms with Crippen molar-refractivity contribution in [3.05, 3.63) is 80.8 Å². The molecule has 16 heteroatoms. The fourth-order valence-corrected chi connectivity index (χ4v) is 12.5. The molecule has 8 rings (SSSR count). The van der Waals surface area contributed by atoms with Gasteiger partial charge in [0.1, 0.15) is 0 Å². The molecule has 0 amide bonds. The lowest BCUT2D eigenvalue weighted by Crippen LogP contribution is -2.49. The fourth-order valence-electron chi connectivity index (χ4n) is 10.6. The molecule has 4 aromatic heterocycles. The zero-order valence-electron chi connectivity index (χ0n) is 35.7. The van der Waals surface area contributed by atoms with E-state index in [0.29, 0.717) is 45.3 Å². The van der Waals surface area contributed by atoms with Crippen molar-refractivity contribution in [3.63, 3.8) is 0 Å². The number of aryl methyl sites for hydroxylation is 2. The molecule has 0 aromatic carbocycles. The Kier molecular flexibility index (Phi) is 15.8. The smallest absolute Gasteiger partial charge is 0.212 e. The van der Waals surface area contributed by atoms with Gasteiger partial charge < -0.3 is 11.5 Å². The van der Waals surface area contributed by atoms with E-state index in [9.17, 15) is 8.78 Å². The van der Waals surface area contributed by atoms with Gasteiger partial charge in [0.05, 0.1) is 23.5 Å². The van der Waals surface area contributed by atoms with E-state index in [1.165, 1.54) is 45.7 Å². The van der Waals surface area contributed by atoms with Crippen molar-refractivity contribution in [1.82, 2.24) is 39.5 Å². The number of rotatable bonds is 16. The predicted molar refractivity (Wildman–Crippen MR) is 243 cm³/mol. The van der Waals surface area contributed by atoms with Crippen LogP contribution in [0.5, 0.6) is 0 Å². The number of nitrogens with zero attached hydrogens (tertiary/aromatic N) is 8. The number of aromatic nitrogens is 4. The molecule has 0 saturated carbocycles. The highest BCUT2D eigenvalue weighted by Crippen LogP contribution is 2.38. The Morgan fingerprint density at radius 3 is 1.48 bits per heavy atom. The van der Waals surface area contributed by atoms with Gasteiger partial charge in [-0.05, 0) is 151 Å². The number of hydrogen-bond donors (Lipinski definition) is 2. The Hall–Kier alpha value is -3.18. The Morgan fingerprint density at radius 2 is 1.11 bits per heavy atom. The van der Waals surface area contributed by atoms with Crippen LogP contribution in [0.1, 0.15) is 110 Å². The molecule has 2 unspecified atom stereocenters. The molecule has 0 spiro atoms. The number of carbonyl (C=O) groups is 1. The first-order valence-corrected chi connectivity index (χ1v) is 24.0. The minimum Gasteiger partial charge on any atom is -0.375 e. The number of fused-ring (bicyclic) bond motifs is 2. The average Bonchev–Trinajstić information content (AvgIpc) is 3.82. The summed E-state index contributed by atoms with van der Waals surface area (Å²) < 4.78 is 28.6. The second-order valence-electron chi connectivity index (χ2n) is 17.6. The van der Waals surface area contributed by atoms with Crippen LogP contribution in [0.25, 0.3) is 0 Å². The molecule has 6 heterocycles. The molecule has 332 valence electrons. The molecule has 4 N–H and O–H groups in total. The van der Waals surface area contributed by atoms with Gasteiger partial charge in [-0.25, -0.2) is 19.9 Å². The van der Waals surface area contributed by atoms with Crippen molar-refractivity contribution in [3.8, 4) is 0 Å². The summed E-state index contributed by atoms with van der Waals surface area (Å²) in [6.45, 7) is 11.7. The van der Waals surface area contributed by atoms with E-state index in [4.69, 9.17) is 11.5 Å². The van der Waals surface area contributed by atoms with E-state index in [1.807, 2.05) is 0 Å². The molecule has 2 aliphatic carbocycles. The first-order valence-electron chi connectivity index (χ1n) is 22.4. The summed E-state index contributed by atoms with van der Waals surface area (Å²) in [7, 11) is 0. The molecule has 4 atom stereocenters. The minimum atomic E-state index is -0.621. The standard InChI is InChI=1S/C45H62F2N10OS2.ClH/c1-3-17-56(33-7-9-35-37(23-33)59-44(48)52-35)27-29-13-19-54(20-14-29)41(31-5-11-39(46)50-25-31)43(58)42(32-6-12-40(47)51-26-32)55-21-15-30(16-22-55)28-57(18-4-2)34-8-10-36-38(24-34)60-45(49)53-36;/h5-6,11-12,25-26,29-30,33-34,41-42H,3-4,7-10,13-24,27-28H2,1-2H3,(H2,48,52)(H2,49,53);1H/t33?,34?,41-,42-;/m0./s1. The van der Waals surface area contributed by atoms with Gasteiger partial charge in [-0.15, -0.1) is 35.1 Å². The van der Waals surface area contributed by atoms with E-state index in [2.05, 4.69) is 53.4 Å². The maximum Gasteiger partial charge on any atom is 0.212 e. The lowest BCUT2D eigenvalue weighted by Gasteiger charge is -2.44. The van der Waals surface area contributed by atoms with Crippen molar-refractivity contribution in [1.29, 1.82) is 0 Å². The Bertz CT molecular complexity index is 1880. The minimum absolute atomic E-state index is 0. The van der Waals surface area contributed by atoms with Crippen molar-refractivity contribution in [2.24, 2.45) is 11.8 Å². The molecule has 61 heavy (non-hydrogen) atoms. The molecule has 4 aromatic rings. The first-order chi connectivity index (χ1) is 29.1. The van der Waals surface area contributed by atoms with Gasteiger partial charge in [-0.1, -0.05) is 26.0 Å². The monoisotopic (exact) mass is 896 g/mol. The van der Waals surface area contributed by atoms with Crippen molar-refractivity contribution >= 4 is 51.1 Å². The number of nitrogen functional groups attached to an aromatic ring is 2. The maximum absolute atomic E-state index is 15.4. The predicted octanol–water partition coefficient (Wildman–Crippen LogP) is 7.57. The summed E-state index contributed by atoms with van der Waals surface area (Å²) in [5, 5.41) is 1.34. The summed E-state index contributed by atoms with van der Waals surface area (Å²) in [6, 6.07) is 5.87. The van der Waals surface area contributed by atoms with E-state index < -0.39 is 24.0 Å². The fraction of sp³-hybridized carbons (Fsp3) is 0.622. The maximum atomic E-state index is 15.4. The van der Waals surface area contributed by atoms with Gasteiger partial charge >= 0.3 is 0 Å². The third kappa shape index (κ3) is 11.0. The second-order valence-corrected chi connectivity index (χ2v) is 19.9. The number of nitrogens with two attached hydrogens (primary N) is 2. The van der Waals surface area contributed by atoms with Crippen LogP contribution in [0.3, 0.4) is 0 Å². The van der Waals surface area contributed by atoms with E-state index in [-0.39, 0.29) is 18.2 Å². The van der Waals surface area contributed by atoms with Crippen LogP contribution >= 0.6 is 35.1 Å². The highest BCUT2D eigenvalue weighted by Gasteiger charge is 2.41. The van der Waals surface area contributed by atoms with Gasteiger partial charge in [-0.3, -0.25) is 24.4 Å². The average molecular weight is 898 g/mol. The zero-order valence-corrected chi connectivity index (χ0v) is 38.1. The Balaban J connectivity index is 0.00000561. The van der Waals surface area contributed by atoms with Crippen LogP contribution in [0, 0.1) is 23.7 Å². The molecule has 4 aliphatic rings. The number of thiazole rings is 2. The van der Waals surface area contributed by atoms with Crippen LogP contribution in [0.15, 0.2) is 36.7 Å². The molecule has 11 nitrogen and oxygen atoms in total. The SMILES string of the molecule is CCCN(CC1CCN([C@H](C(=O)[C@H](c2ccc(F)nc2)N2CCC(CN(CCC)C3CCc4nc(N)sc4C3)CC2)c2ccc(F)nc2)CC1)C1CCc2nc(N)sc2C1.Cl. The third-order valence-electron chi connectivity index (χ3n) is 13.6. The van der Waals surface area contributed by atoms with Crippen LogP contribution < -0.4 is 11.5 Å². The number of carbonyl (C=O) groups excluding carboxylic acids is 1.